The lowest BCUT2D eigenvalue weighted by Crippen LogP contribution is -2.26. The van der Waals surface area contributed by atoms with E-state index in [2.05, 4.69) is 5.16 Å². The number of rotatable bonds is 5. The van der Waals surface area contributed by atoms with Crippen LogP contribution in [0, 0.1) is 16.0 Å². The van der Waals surface area contributed by atoms with Gasteiger partial charge in [0.25, 0.3) is 5.91 Å². The lowest BCUT2D eigenvalue weighted by molar-refractivity contribution is -0.508. The summed E-state index contributed by atoms with van der Waals surface area (Å²) >= 11 is 0. The Morgan fingerprint density at radius 2 is 2.00 bits per heavy atom. The molecule has 0 heterocycles. The quantitative estimate of drug-likeness (QED) is 0.309. The van der Waals surface area contributed by atoms with Crippen LogP contribution in [0.3, 0.4) is 0 Å². The summed E-state index contributed by atoms with van der Waals surface area (Å²) in [5.74, 6) is -1.09. The molecular formula is C9H15N3O4. The van der Waals surface area contributed by atoms with Gasteiger partial charge >= 0.3 is 0 Å². The van der Waals surface area contributed by atoms with E-state index in [0.29, 0.717) is 5.57 Å². The van der Waals surface area contributed by atoms with Crippen molar-refractivity contribution in [3.05, 3.63) is 21.8 Å². The molecule has 0 aromatic heterocycles. The summed E-state index contributed by atoms with van der Waals surface area (Å²) in [5.41, 5.74) is 4.91. The molecule has 7 nitrogen and oxygen atoms in total. The molecule has 0 bridgehead atoms. The van der Waals surface area contributed by atoms with Crippen molar-refractivity contribution in [1.82, 2.24) is 0 Å². The number of oxime groups is 1. The van der Waals surface area contributed by atoms with Gasteiger partial charge in [0.05, 0.1) is 0 Å². The van der Waals surface area contributed by atoms with Gasteiger partial charge in [0.2, 0.25) is 6.04 Å². The Labute approximate surface area is 92.8 Å². The van der Waals surface area contributed by atoms with Gasteiger partial charge in [0.15, 0.2) is 5.71 Å². The highest BCUT2D eigenvalue weighted by Gasteiger charge is 2.23. The van der Waals surface area contributed by atoms with E-state index in [1.807, 2.05) is 0 Å². The lowest BCUT2D eigenvalue weighted by Gasteiger charge is -2.12. The van der Waals surface area contributed by atoms with Crippen LogP contribution in [0.4, 0.5) is 0 Å². The molecule has 0 radical (unpaired) electrons. The lowest BCUT2D eigenvalue weighted by atomic mass is 9.95. The highest BCUT2D eigenvalue weighted by Crippen LogP contribution is 2.16. The maximum absolute atomic E-state index is 10.8. The number of nitro groups is 1. The molecule has 1 unspecified atom stereocenters. The average Bonchev–Trinajstić information content (AvgIpc) is 2.17. The molecule has 90 valence electrons. The minimum atomic E-state index is -0.962. The molecule has 16 heavy (non-hydrogen) atoms. The largest absolute Gasteiger partial charge is 0.410 e. The van der Waals surface area contributed by atoms with Crippen LogP contribution in [0.15, 0.2) is 16.8 Å². The van der Waals surface area contributed by atoms with Crippen molar-refractivity contribution in [3.63, 3.8) is 0 Å². The summed E-state index contributed by atoms with van der Waals surface area (Å²) in [4.78, 5) is 20.9. The predicted octanol–water partition coefficient (Wildman–Crippen LogP) is 0.550. The smallest absolute Gasteiger partial charge is 0.270 e. The fraction of sp³-hybridized carbons (Fsp3) is 0.556. The summed E-state index contributed by atoms with van der Waals surface area (Å²) in [7, 11) is 0. The summed E-state index contributed by atoms with van der Waals surface area (Å²) in [6.45, 7) is 4.87. The molecule has 1 amide bonds. The minimum Gasteiger partial charge on any atom is -0.410 e. The summed E-state index contributed by atoms with van der Waals surface area (Å²) in [5, 5.41) is 21.8. The number of primary amides is 1. The zero-order chi connectivity index (χ0) is 12.9. The van der Waals surface area contributed by atoms with Gasteiger partial charge < -0.3 is 10.9 Å². The first-order chi connectivity index (χ1) is 7.31. The molecule has 0 saturated heterocycles. The Hall–Kier alpha value is -1.92. The highest BCUT2D eigenvalue weighted by molar-refractivity contribution is 6.42. The summed E-state index contributed by atoms with van der Waals surface area (Å²) in [6, 6.07) is -0.962. The van der Waals surface area contributed by atoms with Gasteiger partial charge in [-0.05, 0) is 12.0 Å². The van der Waals surface area contributed by atoms with Crippen LogP contribution in [0.25, 0.3) is 0 Å². The molecule has 0 spiro atoms. The highest BCUT2D eigenvalue weighted by atomic mass is 16.6. The van der Waals surface area contributed by atoms with E-state index in [4.69, 9.17) is 10.9 Å². The van der Waals surface area contributed by atoms with Crippen LogP contribution in [0.2, 0.25) is 0 Å². The van der Waals surface area contributed by atoms with Crippen LogP contribution in [0.1, 0.15) is 20.8 Å². The fourth-order valence-electron chi connectivity index (χ4n) is 1.20. The van der Waals surface area contributed by atoms with E-state index in [0.717, 1.165) is 6.08 Å². The molecule has 0 aliphatic heterocycles. The number of carbonyl (C=O) groups is 1. The van der Waals surface area contributed by atoms with Gasteiger partial charge in [-0.1, -0.05) is 19.0 Å². The number of hydrogen-bond donors (Lipinski definition) is 2. The molecular weight excluding hydrogens is 214 g/mol. The Morgan fingerprint density at radius 3 is 2.25 bits per heavy atom. The zero-order valence-electron chi connectivity index (χ0n) is 9.38. The van der Waals surface area contributed by atoms with Gasteiger partial charge in [0, 0.05) is 17.4 Å². The maximum Gasteiger partial charge on any atom is 0.270 e. The Bertz CT molecular complexity index is 347. The van der Waals surface area contributed by atoms with Crippen molar-refractivity contribution in [2.75, 3.05) is 0 Å². The second-order valence-corrected chi connectivity index (χ2v) is 3.61. The summed E-state index contributed by atoms with van der Waals surface area (Å²) in [6.07, 6.45) is 1.15. The van der Waals surface area contributed by atoms with Crippen molar-refractivity contribution in [3.8, 4) is 0 Å². The zero-order valence-corrected chi connectivity index (χ0v) is 9.38. The van der Waals surface area contributed by atoms with Crippen LogP contribution in [-0.4, -0.2) is 27.8 Å². The number of carbonyl (C=O) groups excluding carboxylic acids is 1. The average molecular weight is 229 g/mol. The third kappa shape index (κ3) is 3.68. The van der Waals surface area contributed by atoms with Crippen molar-refractivity contribution in [2.24, 2.45) is 16.8 Å². The van der Waals surface area contributed by atoms with Gasteiger partial charge in [-0.3, -0.25) is 14.9 Å². The van der Waals surface area contributed by atoms with E-state index in [1.165, 1.54) is 6.92 Å². The van der Waals surface area contributed by atoms with E-state index in [9.17, 15) is 14.9 Å². The SMILES string of the molecule is CC(C)C(=CC(=NO)C(N)=O)C(C)[N+](=O)[O-]. The second-order valence-electron chi connectivity index (χ2n) is 3.61. The Balaban J connectivity index is 5.28. The summed E-state index contributed by atoms with van der Waals surface area (Å²) < 4.78 is 0. The van der Waals surface area contributed by atoms with Crippen LogP contribution in [-0.2, 0) is 4.79 Å². The number of hydrogen-bond acceptors (Lipinski definition) is 5. The number of nitrogens with zero attached hydrogens (tertiary/aromatic N) is 2. The second kappa shape index (κ2) is 5.84. The first-order valence-electron chi connectivity index (χ1n) is 4.68. The standard InChI is InChI=1S/C9H15N3O4/c1-5(2)7(6(3)12(15)16)4-8(11-14)9(10)13/h4-6,14H,1-3H3,(H2,10,13). The third-order valence-corrected chi connectivity index (χ3v) is 2.13. The normalized spacial score (nSPS) is 15.0. The monoisotopic (exact) mass is 229 g/mol. The topological polar surface area (TPSA) is 119 Å². The van der Waals surface area contributed by atoms with E-state index in [1.54, 1.807) is 13.8 Å². The van der Waals surface area contributed by atoms with Crippen molar-refractivity contribution in [1.29, 1.82) is 0 Å². The number of nitrogens with two attached hydrogens (primary N) is 1. The van der Waals surface area contributed by atoms with Crippen molar-refractivity contribution in [2.45, 2.75) is 26.8 Å². The van der Waals surface area contributed by atoms with Crippen LogP contribution >= 0.6 is 0 Å². The molecule has 0 aromatic carbocycles. The molecule has 0 aliphatic rings. The molecule has 0 aromatic rings. The molecule has 0 aliphatic carbocycles. The van der Waals surface area contributed by atoms with Gasteiger partial charge in [-0.2, -0.15) is 0 Å². The van der Waals surface area contributed by atoms with Gasteiger partial charge in [0.1, 0.15) is 0 Å². The molecule has 0 rings (SSSR count). The number of amides is 1. The van der Waals surface area contributed by atoms with Gasteiger partial charge in [-0.15, -0.1) is 0 Å². The van der Waals surface area contributed by atoms with E-state index >= 15 is 0 Å². The molecule has 0 fully saturated rings. The molecule has 1 atom stereocenters. The first kappa shape index (κ1) is 14.1. The third-order valence-electron chi connectivity index (χ3n) is 2.13. The molecule has 3 N–H and O–H groups in total. The minimum absolute atomic E-state index is 0.156. The Morgan fingerprint density at radius 1 is 1.50 bits per heavy atom. The molecule has 7 heteroatoms. The van der Waals surface area contributed by atoms with Crippen LogP contribution < -0.4 is 5.73 Å². The van der Waals surface area contributed by atoms with Gasteiger partial charge in [-0.25, -0.2) is 0 Å². The molecule has 0 saturated carbocycles. The van der Waals surface area contributed by atoms with Crippen molar-refractivity contribution < 1.29 is 14.9 Å². The maximum atomic E-state index is 10.8. The van der Waals surface area contributed by atoms with Crippen LogP contribution in [0.5, 0.6) is 0 Å². The fourth-order valence-corrected chi connectivity index (χ4v) is 1.20. The Kier molecular flexibility index (Phi) is 5.14. The van der Waals surface area contributed by atoms with Crippen molar-refractivity contribution >= 4 is 11.6 Å². The predicted molar refractivity (Wildman–Crippen MR) is 57.8 cm³/mol. The van der Waals surface area contributed by atoms with E-state index < -0.39 is 22.6 Å². The first-order valence-corrected chi connectivity index (χ1v) is 4.68. The van der Waals surface area contributed by atoms with E-state index in [-0.39, 0.29) is 5.92 Å².